The van der Waals surface area contributed by atoms with Crippen LogP contribution in [0.2, 0.25) is 0 Å². The topological polar surface area (TPSA) is 91.5 Å². The predicted octanol–water partition coefficient (Wildman–Crippen LogP) is 1.68. The van der Waals surface area contributed by atoms with Gasteiger partial charge in [0, 0.05) is 25.2 Å². The highest BCUT2D eigenvalue weighted by atomic mass is 32.1. The zero-order valence-electron chi connectivity index (χ0n) is 12.0. The number of aliphatic hydroxyl groups is 1. The molecule has 1 aromatic rings. The molecule has 7 heteroatoms. The third-order valence-corrected chi connectivity index (χ3v) is 5.08. The number of hydrogen-bond donors (Lipinski definition) is 3. The molecule has 1 aliphatic heterocycles. The first-order valence-electron chi connectivity index (χ1n) is 7.63. The Morgan fingerprint density at radius 3 is 3.00 bits per heavy atom. The Balaban J connectivity index is 1.69. The van der Waals surface area contributed by atoms with E-state index < -0.39 is 0 Å². The quantitative estimate of drug-likeness (QED) is 0.743. The maximum Gasteiger partial charge on any atom is 0.268 e. The van der Waals surface area contributed by atoms with Crippen molar-refractivity contribution in [2.24, 2.45) is 0 Å². The Morgan fingerprint density at radius 2 is 2.29 bits per heavy atom. The number of amides is 1. The molecular formula is C14H22N4O2S. The van der Waals surface area contributed by atoms with Gasteiger partial charge in [0.25, 0.3) is 5.91 Å². The Labute approximate surface area is 128 Å². The summed E-state index contributed by atoms with van der Waals surface area (Å²) < 4.78 is 0. The highest BCUT2D eigenvalue weighted by Crippen LogP contribution is 2.33. The molecule has 0 radical (unpaired) electrons. The molecule has 1 saturated heterocycles. The molecule has 2 aliphatic rings. The number of hydrogen-bond acceptors (Lipinski definition) is 6. The third-order valence-electron chi connectivity index (χ3n) is 4.09. The molecule has 3 rings (SSSR count). The summed E-state index contributed by atoms with van der Waals surface area (Å²) in [6.07, 6.45) is 5.96. The molecule has 116 valence electrons. The van der Waals surface area contributed by atoms with E-state index in [1.54, 1.807) is 0 Å². The van der Waals surface area contributed by atoms with E-state index in [0.29, 0.717) is 16.7 Å². The first-order chi connectivity index (χ1) is 10.2. The molecule has 4 N–H and O–H groups in total. The van der Waals surface area contributed by atoms with Crippen molar-refractivity contribution >= 4 is 28.2 Å². The van der Waals surface area contributed by atoms with Gasteiger partial charge in [0.15, 0.2) is 5.13 Å². The van der Waals surface area contributed by atoms with Crippen LogP contribution in [0.15, 0.2) is 0 Å². The van der Waals surface area contributed by atoms with E-state index in [1.807, 2.05) is 4.90 Å². The summed E-state index contributed by atoms with van der Waals surface area (Å²) in [6, 6.07) is 0.730. The number of aliphatic hydroxyl groups excluding tert-OH is 1. The predicted molar refractivity (Wildman–Crippen MR) is 83.5 cm³/mol. The highest BCUT2D eigenvalue weighted by Gasteiger charge is 2.32. The van der Waals surface area contributed by atoms with Crippen LogP contribution in [0.25, 0.3) is 0 Å². The molecule has 1 aliphatic carbocycles. The van der Waals surface area contributed by atoms with Crippen LogP contribution in [0.1, 0.15) is 48.2 Å². The Hall–Kier alpha value is -1.34. The van der Waals surface area contributed by atoms with Crippen molar-refractivity contribution in [3.05, 3.63) is 4.88 Å². The maximum absolute atomic E-state index is 12.7. The van der Waals surface area contributed by atoms with Crippen LogP contribution in [0.3, 0.4) is 0 Å². The van der Waals surface area contributed by atoms with Crippen molar-refractivity contribution in [3.8, 4) is 0 Å². The van der Waals surface area contributed by atoms with Gasteiger partial charge in [-0.05, 0) is 38.5 Å². The largest absolute Gasteiger partial charge is 0.396 e. The van der Waals surface area contributed by atoms with Crippen LogP contribution in [-0.2, 0) is 0 Å². The smallest absolute Gasteiger partial charge is 0.268 e. The average molecular weight is 310 g/mol. The van der Waals surface area contributed by atoms with Crippen molar-refractivity contribution in [1.82, 2.24) is 9.88 Å². The van der Waals surface area contributed by atoms with Gasteiger partial charge in [-0.3, -0.25) is 4.79 Å². The summed E-state index contributed by atoms with van der Waals surface area (Å²) in [4.78, 5) is 19.4. The Morgan fingerprint density at radius 1 is 1.48 bits per heavy atom. The number of rotatable bonds is 6. The number of aromatic nitrogens is 1. The number of likely N-dealkylation sites (tertiary alicyclic amines) is 1. The molecule has 6 nitrogen and oxygen atoms in total. The van der Waals surface area contributed by atoms with Crippen LogP contribution in [0.4, 0.5) is 10.9 Å². The lowest BCUT2D eigenvalue weighted by atomic mass is 10.1. The third kappa shape index (κ3) is 3.29. The first-order valence-corrected chi connectivity index (χ1v) is 8.45. The SMILES string of the molecule is Nc1nc(NC2CC2)sc1C(=O)N1CCCC1CCCO. The zero-order chi connectivity index (χ0) is 14.8. The lowest BCUT2D eigenvalue weighted by Crippen LogP contribution is -2.35. The first kappa shape index (κ1) is 14.6. The molecule has 2 fully saturated rings. The van der Waals surface area contributed by atoms with Gasteiger partial charge >= 0.3 is 0 Å². The molecular weight excluding hydrogens is 288 g/mol. The van der Waals surface area contributed by atoms with Gasteiger partial charge in [0.2, 0.25) is 0 Å². The number of nitrogens with two attached hydrogens (primary N) is 1. The fourth-order valence-corrected chi connectivity index (χ4v) is 3.73. The number of nitrogens with one attached hydrogen (secondary N) is 1. The number of anilines is 2. The monoisotopic (exact) mass is 310 g/mol. The molecule has 1 saturated carbocycles. The van der Waals surface area contributed by atoms with Gasteiger partial charge in [-0.25, -0.2) is 4.98 Å². The Kier molecular flexibility index (Phi) is 4.30. The van der Waals surface area contributed by atoms with Crippen LogP contribution >= 0.6 is 11.3 Å². The van der Waals surface area contributed by atoms with Crippen molar-refractivity contribution in [1.29, 1.82) is 0 Å². The molecule has 1 unspecified atom stereocenters. The van der Waals surface area contributed by atoms with E-state index in [0.717, 1.165) is 50.2 Å². The minimum atomic E-state index is -0.00529. The van der Waals surface area contributed by atoms with Gasteiger partial charge in [-0.2, -0.15) is 0 Å². The average Bonchev–Trinajstić information content (AvgIpc) is 3.02. The number of thiazole rings is 1. The number of carbonyl (C=O) groups excluding carboxylic acids is 1. The van der Waals surface area contributed by atoms with Gasteiger partial charge < -0.3 is 21.1 Å². The highest BCUT2D eigenvalue weighted by molar-refractivity contribution is 7.18. The fraction of sp³-hybridized carbons (Fsp3) is 0.714. The van der Waals surface area contributed by atoms with Crippen molar-refractivity contribution in [3.63, 3.8) is 0 Å². The Bertz CT molecular complexity index is 515. The number of nitrogens with zero attached hydrogens (tertiary/aromatic N) is 2. The molecule has 0 spiro atoms. The summed E-state index contributed by atoms with van der Waals surface area (Å²) in [5.41, 5.74) is 5.92. The van der Waals surface area contributed by atoms with E-state index in [-0.39, 0.29) is 18.6 Å². The molecule has 0 bridgehead atoms. The standard InChI is InChI=1S/C14H22N4O2S/c15-12-11(21-14(17-12)16-9-5-6-9)13(20)18-7-1-3-10(18)4-2-8-19/h9-10,19H,1-8,15H2,(H,16,17). The minimum absolute atomic E-state index is 0.00529. The lowest BCUT2D eigenvalue weighted by Gasteiger charge is -2.24. The van der Waals surface area contributed by atoms with E-state index in [9.17, 15) is 4.79 Å². The van der Waals surface area contributed by atoms with Gasteiger partial charge in [0.05, 0.1) is 0 Å². The minimum Gasteiger partial charge on any atom is -0.396 e. The second kappa shape index (κ2) is 6.19. The summed E-state index contributed by atoms with van der Waals surface area (Å²) in [5.74, 6) is 0.329. The fourth-order valence-electron chi connectivity index (χ4n) is 2.81. The van der Waals surface area contributed by atoms with E-state index in [4.69, 9.17) is 10.8 Å². The summed E-state index contributed by atoms with van der Waals surface area (Å²) in [7, 11) is 0. The van der Waals surface area contributed by atoms with E-state index in [1.165, 1.54) is 11.3 Å². The summed E-state index contributed by atoms with van der Waals surface area (Å²) >= 11 is 1.36. The second-order valence-electron chi connectivity index (χ2n) is 5.81. The van der Waals surface area contributed by atoms with Crippen molar-refractivity contribution in [2.45, 2.75) is 50.6 Å². The number of nitrogen functional groups attached to an aromatic ring is 1. The van der Waals surface area contributed by atoms with E-state index >= 15 is 0 Å². The normalized spacial score (nSPS) is 21.8. The maximum atomic E-state index is 12.7. The molecule has 21 heavy (non-hydrogen) atoms. The van der Waals surface area contributed by atoms with Gasteiger partial charge in [-0.1, -0.05) is 11.3 Å². The van der Waals surface area contributed by atoms with Crippen molar-refractivity contribution < 1.29 is 9.90 Å². The van der Waals surface area contributed by atoms with Gasteiger partial charge in [-0.15, -0.1) is 0 Å². The van der Waals surface area contributed by atoms with Crippen molar-refractivity contribution in [2.75, 3.05) is 24.2 Å². The van der Waals surface area contributed by atoms with Crippen LogP contribution < -0.4 is 11.1 Å². The van der Waals surface area contributed by atoms with Crippen LogP contribution in [0.5, 0.6) is 0 Å². The summed E-state index contributed by atoms with van der Waals surface area (Å²) in [6.45, 7) is 0.953. The lowest BCUT2D eigenvalue weighted by molar-refractivity contribution is 0.0730. The molecule has 1 atom stereocenters. The second-order valence-corrected chi connectivity index (χ2v) is 6.81. The van der Waals surface area contributed by atoms with Crippen LogP contribution in [0, 0.1) is 0 Å². The molecule has 1 aromatic heterocycles. The van der Waals surface area contributed by atoms with E-state index in [2.05, 4.69) is 10.3 Å². The molecule has 2 heterocycles. The summed E-state index contributed by atoms with van der Waals surface area (Å²) in [5, 5.41) is 13.0. The molecule has 0 aromatic carbocycles. The van der Waals surface area contributed by atoms with Crippen LogP contribution in [-0.4, -0.2) is 46.1 Å². The molecule has 1 amide bonds. The zero-order valence-corrected chi connectivity index (χ0v) is 12.9. The van der Waals surface area contributed by atoms with Gasteiger partial charge in [0.1, 0.15) is 10.7 Å². The number of carbonyl (C=O) groups is 1.